The van der Waals surface area contributed by atoms with Gasteiger partial charge in [0.15, 0.2) is 18.1 Å². The van der Waals surface area contributed by atoms with Crippen molar-refractivity contribution in [2.24, 2.45) is 5.10 Å². The minimum absolute atomic E-state index is 0.0269. The molecule has 13 nitrogen and oxygen atoms in total. The van der Waals surface area contributed by atoms with Gasteiger partial charge >= 0.3 is 5.97 Å². The van der Waals surface area contributed by atoms with Crippen molar-refractivity contribution in [1.82, 2.24) is 9.97 Å². The van der Waals surface area contributed by atoms with E-state index in [0.29, 0.717) is 5.56 Å². The fourth-order valence-corrected chi connectivity index (χ4v) is 2.85. The van der Waals surface area contributed by atoms with Crippen LogP contribution < -0.4 is 20.5 Å². The van der Waals surface area contributed by atoms with E-state index in [9.17, 15) is 25.0 Å². The second kappa shape index (κ2) is 10.4. The topological polar surface area (TPSA) is 193 Å². The number of nitriles is 1. The molecule has 0 atom stereocenters. The maximum atomic E-state index is 12.3. The third-order valence-corrected chi connectivity index (χ3v) is 4.29. The molecule has 0 bridgehead atoms. The number of aromatic nitrogens is 2. The first-order chi connectivity index (χ1) is 16.3. The van der Waals surface area contributed by atoms with E-state index < -0.39 is 23.1 Å². The van der Waals surface area contributed by atoms with Gasteiger partial charge in [0.25, 0.3) is 11.2 Å². The highest BCUT2D eigenvalue weighted by atomic mass is 16.6. The minimum atomic E-state index is -1.27. The van der Waals surface area contributed by atoms with Crippen LogP contribution in [0.15, 0.2) is 52.4 Å². The zero-order valence-electron chi connectivity index (χ0n) is 17.5. The van der Waals surface area contributed by atoms with Crippen molar-refractivity contribution in [2.75, 3.05) is 19.1 Å². The first-order valence-electron chi connectivity index (χ1n) is 9.44. The molecule has 0 amide bonds. The number of methoxy groups -OCH3 is 1. The molecule has 3 N–H and O–H groups in total. The van der Waals surface area contributed by atoms with Crippen molar-refractivity contribution >= 4 is 23.8 Å². The monoisotopic (exact) mass is 464 g/mol. The summed E-state index contributed by atoms with van der Waals surface area (Å²) in [4.78, 5) is 40.4. The highest BCUT2D eigenvalue weighted by molar-refractivity contribution is 5.87. The number of nitro benzene ring substituents is 1. The lowest BCUT2D eigenvalue weighted by molar-refractivity contribution is -0.385. The van der Waals surface area contributed by atoms with E-state index in [-0.39, 0.29) is 40.0 Å². The predicted octanol–water partition coefficient (Wildman–Crippen LogP) is 2.13. The largest absolute Gasteiger partial charge is 0.493 e. The molecule has 0 aliphatic heterocycles. The lowest BCUT2D eigenvalue weighted by Gasteiger charge is -2.12. The number of nitrogens with zero attached hydrogens (tertiary/aromatic N) is 4. The number of hydrogen-bond acceptors (Lipinski definition) is 10. The average Bonchev–Trinajstić information content (AvgIpc) is 2.82. The van der Waals surface area contributed by atoms with Gasteiger partial charge in [0.1, 0.15) is 11.6 Å². The molecule has 3 aromatic rings. The van der Waals surface area contributed by atoms with Crippen molar-refractivity contribution in [3.8, 4) is 28.8 Å². The minimum Gasteiger partial charge on any atom is -0.493 e. The van der Waals surface area contributed by atoms with E-state index in [1.807, 2.05) is 6.07 Å². The molecule has 13 heteroatoms. The second-order valence-electron chi connectivity index (χ2n) is 6.49. The number of carboxylic acids is 1. The molecule has 0 saturated carbocycles. The maximum absolute atomic E-state index is 12.3. The van der Waals surface area contributed by atoms with Gasteiger partial charge in [-0.25, -0.2) is 15.2 Å². The van der Waals surface area contributed by atoms with Gasteiger partial charge in [-0.3, -0.25) is 19.9 Å². The fourth-order valence-electron chi connectivity index (χ4n) is 2.85. The Hall–Kier alpha value is -5.25. The fraction of sp³-hybridized carbons (Fsp3) is 0.0952. The number of aliphatic carboxylic acids is 1. The number of hydrogen-bond donors (Lipinski definition) is 3. The summed E-state index contributed by atoms with van der Waals surface area (Å²) >= 11 is 0. The van der Waals surface area contributed by atoms with Gasteiger partial charge in [-0.2, -0.15) is 10.4 Å². The number of ether oxygens (including phenoxy) is 2. The number of carboxylic acid groups (broad SMARTS) is 1. The Balaban J connectivity index is 1.99. The summed E-state index contributed by atoms with van der Waals surface area (Å²) in [5.41, 5.74) is 1.94. The highest BCUT2D eigenvalue weighted by Crippen LogP contribution is 2.35. The summed E-state index contributed by atoms with van der Waals surface area (Å²) in [5.74, 6) is -1.54. The van der Waals surface area contributed by atoms with E-state index in [4.69, 9.17) is 14.6 Å². The Morgan fingerprint density at radius 2 is 2.12 bits per heavy atom. The van der Waals surface area contributed by atoms with Gasteiger partial charge in [0.2, 0.25) is 5.95 Å². The molecule has 1 heterocycles. The van der Waals surface area contributed by atoms with Crippen LogP contribution in [0.25, 0.3) is 11.3 Å². The third kappa shape index (κ3) is 5.32. The van der Waals surface area contributed by atoms with Gasteiger partial charge < -0.3 is 14.6 Å². The number of rotatable bonds is 9. The van der Waals surface area contributed by atoms with E-state index in [1.165, 1.54) is 7.11 Å². The van der Waals surface area contributed by atoms with Crippen LogP contribution in [-0.4, -0.2) is 45.9 Å². The van der Waals surface area contributed by atoms with Crippen LogP contribution in [0.4, 0.5) is 11.6 Å². The molecule has 0 aliphatic rings. The quantitative estimate of drug-likeness (QED) is 0.240. The normalized spacial score (nSPS) is 10.5. The third-order valence-electron chi connectivity index (χ3n) is 4.29. The lowest BCUT2D eigenvalue weighted by atomic mass is 10.1. The molecule has 0 saturated heterocycles. The highest BCUT2D eigenvalue weighted by Gasteiger charge is 2.19. The Morgan fingerprint density at radius 1 is 1.38 bits per heavy atom. The molecule has 2 aromatic carbocycles. The number of nitrogens with one attached hydrogen (secondary N) is 2. The summed E-state index contributed by atoms with van der Waals surface area (Å²) in [7, 11) is 1.24. The molecule has 0 spiro atoms. The number of non-ortho nitro benzene ring substituents is 1. The molecule has 0 fully saturated rings. The van der Waals surface area contributed by atoms with E-state index in [2.05, 4.69) is 20.5 Å². The first-order valence-corrected chi connectivity index (χ1v) is 9.44. The van der Waals surface area contributed by atoms with Crippen LogP contribution in [0.1, 0.15) is 11.1 Å². The van der Waals surface area contributed by atoms with Gasteiger partial charge in [0.05, 0.1) is 30.0 Å². The van der Waals surface area contributed by atoms with Crippen molar-refractivity contribution in [2.45, 2.75) is 0 Å². The second-order valence-corrected chi connectivity index (χ2v) is 6.49. The van der Waals surface area contributed by atoms with Crippen LogP contribution in [0.5, 0.6) is 11.5 Å². The molecule has 1 aromatic heterocycles. The molecule has 0 radical (unpaired) electrons. The zero-order valence-corrected chi connectivity index (χ0v) is 17.5. The molecular formula is C21H16N6O7. The van der Waals surface area contributed by atoms with Crippen molar-refractivity contribution in [3.63, 3.8) is 0 Å². The van der Waals surface area contributed by atoms with E-state index >= 15 is 0 Å². The van der Waals surface area contributed by atoms with Crippen molar-refractivity contribution in [1.29, 1.82) is 5.26 Å². The first kappa shape index (κ1) is 23.4. The van der Waals surface area contributed by atoms with Crippen molar-refractivity contribution in [3.05, 3.63) is 74.1 Å². The Kier molecular flexibility index (Phi) is 7.14. The van der Waals surface area contributed by atoms with E-state index in [0.717, 1.165) is 18.3 Å². The molecule has 3 rings (SSSR count). The van der Waals surface area contributed by atoms with Gasteiger partial charge in [-0.15, -0.1) is 0 Å². The van der Waals surface area contributed by atoms with Gasteiger partial charge in [-0.1, -0.05) is 30.3 Å². The molecular weight excluding hydrogens is 448 g/mol. The number of hydrazone groups is 1. The maximum Gasteiger partial charge on any atom is 0.341 e. The smallest absolute Gasteiger partial charge is 0.341 e. The predicted molar refractivity (Wildman–Crippen MR) is 119 cm³/mol. The standard InChI is InChI=1S/C21H16N6O7/c1-33-16-8-14(27(31)32)7-13(19(16)34-11-17(28)29)10-23-26-21-24-18(12-5-3-2-4-6-12)15(9-22)20(30)25-21/h2-8,10H,11H2,1H3,(H,28,29)(H2,24,25,26,30). The van der Waals surface area contributed by atoms with Crippen LogP contribution >= 0.6 is 0 Å². The van der Waals surface area contributed by atoms with Gasteiger partial charge in [-0.05, 0) is 0 Å². The molecule has 172 valence electrons. The number of nitro groups is 1. The summed E-state index contributed by atoms with van der Waals surface area (Å²) in [6.07, 6.45) is 1.10. The number of H-pyrrole nitrogens is 1. The Labute approximate surface area is 191 Å². The zero-order chi connectivity index (χ0) is 24.7. The number of benzene rings is 2. The Bertz CT molecular complexity index is 1360. The summed E-state index contributed by atoms with van der Waals surface area (Å²) in [6.45, 7) is -0.729. The van der Waals surface area contributed by atoms with Gasteiger partial charge in [0, 0.05) is 17.2 Å². The van der Waals surface area contributed by atoms with Crippen LogP contribution in [0, 0.1) is 21.4 Å². The van der Waals surface area contributed by atoms with Crippen LogP contribution in [0.2, 0.25) is 0 Å². The SMILES string of the molecule is COc1cc([N+](=O)[O-])cc(C=NNc2nc(-c3ccccc3)c(C#N)c(=O)[nH]2)c1OCC(=O)O. The lowest BCUT2D eigenvalue weighted by Crippen LogP contribution is -2.16. The average molecular weight is 464 g/mol. The number of carbonyl (C=O) groups is 1. The number of anilines is 1. The molecule has 0 unspecified atom stereocenters. The van der Waals surface area contributed by atoms with Crippen molar-refractivity contribution < 1.29 is 24.3 Å². The molecule has 34 heavy (non-hydrogen) atoms. The summed E-state index contributed by atoms with van der Waals surface area (Å²) in [5, 5.41) is 33.4. The number of aromatic amines is 1. The summed E-state index contributed by atoms with van der Waals surface area (Å²) in [6, 6.07) is 12.6. The summed E-state index contributed by atoms with van der Waals surface area (Å²) < 4.78 is 10.3. The Morgan fingerprint density at radius 3 is 2.74 bits per heavy atom. The van der Waals surface area contributed by atoms with Crippen LogP contribution in [0.3, 0.4) is 0 Å². The van der Waals surface area contributed by atoms with Crippen LogP contribution in [-0.2, 0) is 4.79 Å². The molecule has 0 aliphatic carbocycles. The van der Waals surface area contributed by atoms with E-state index in [1.54, 1.807) is 30.3 Å².